The number of anilines is 1. The predicted molar refractivity (Wildman–Crippen MR) is 112 cm³/mol. The number of aromatic nitrogens is 1. The molecule has 0 saturated carbocycles. The Labute approximate surface area is 177 Å². The van der Waals surface area contributed by atoms with Crippen LogP contribution in [0.3, 0.4) is 0 Å². The van der Waals surface area contributed by atoms with Crippen LogP contribution in [0.15, 0.2) is 24.3 Å². The van der Waals surface area contributed by atoms with Crippen LogP contribution in [0.2, 0.25) is 0 Å². The van der Waals surface area contributed by atoms with E-state index in [1.807, 2.05) is 26.8 Å². The number of rotatable bonds is 4. The third-order valence-electron chi connectivity index (χ3n) is 3.30. The average molecular weight is 446 g/mol. The second kappa shape index (κ2) is 9.92. The predicted octanol–water partition coefficient (Wildman–Crippen LogP) is 5.55. The van der Waals surface area contributed by atoms with E-state index in [9.17, 15) is 22.8 Å². The van der Waals surface area contributed by atoms with Gasteiger partial charge in [0.15, 0.2) is 5.69 Å². The number of hydrogen-bond donors (Lipinski definition) is 1. The minimum Gasteiger partial charge on any atom is -0.443 e. The number of aryl methyl sites for hydroxylation is 1. The molecule has 0 aliphatic carbocycles. The first-order valence-electron chi connectivity index (χ1n) is 9.22. The molecule has 1 heterocycles. The lowest BCUT2D eigenvalue weighted by atomic mass is 10.1. The number of hydrogen-bond acceptors (Lipinski definition) is 5. The Morgan fingerprint density at radius 3 is 2.27 bits per heavy atom. The van der Waals surface area contributed by atoms with Crippen LogP contribution < -0.4 is 10.6 Å². The van der Waals surface area contributed by atoms with Gasteiger partial charge in [-0.15, -0.1) is 0 Å². The highest BCUT2D eigenvalue weighted by Crippen LogP contribution is 2.37. The van der Waals surface area contributed by atoms with E-state index in [-0.39, 0.29) is 10.0 Å². The highest BCUT2D eigenvalue weighted by molar-refractivity contribution is 7.19. The highest BCUT2D eigenvalue weighted by atomic mass is 32.1. The van der Waals surface area contributed by atoms with Crippen molar-refractivity contribution < 1.29 is 27.5 Å². The zero-order valence-electron chi connectivity index (χ0n) is 17.8. The standard InChI is InChI=1S/C18H20F3N3O3S.C2H6/c1-10-6-5-7-11(8-10)14-23-12(13(22)25)15(28-14)24(9-18(19,20)21)16(26)27-17(2,3)4;1-2/h5-8H,9H2,1-4H3,(H2,22,25);1-2H3. The molecule has 2 amide bonds. The molecule has 10 heteroatoms. The maximum atomic E-state index is 13.1. The second-order valence-electron chi connectivity index (χ2n) is 7.09. The normalized spacial score (nSPS) is 11.4. The Kier molecular flexibility index (Phi) is 8.41. The minimum atomic E-state index is -4.72. The van der Waals surface area contributed by atoms with E-state index in [0.29, 0.717) is 10.5 Å². The molecule has 0 bridgehead atoms. The first-order chi connectivity index (χ1) is 13.8. The number of nitrogens with two attached hydrogens (primary N) is 1. The molecule has 2 rings (SSSR count). The number of carbonyl (C=O) groups is 2. The third kappa shape index (κ3) is 7.33. The molecule has 1 aromatic carbocycles. The molecule has 2 N–H and O–H groups in total. The van der Waals surface area contributed by atoms with Gasteiger partial charge in [-0.2, -0.15) is 13.2 Å². The van der Waals surface area contributed by atoms with E-state index in [2.05, 4.69) is 4.98 Å². The van der Waals surface area contributed by atoms with Gasteiger partial charge in [0, 0.05) is 5.56 Å². The summed E-state index contributed by atoms with van der Waals surface area (Å²) in [6, 6.07) is 7.04. The summed E-state index contributed by atoms with van der Waals surface area (Å²) in [5.41, 5.74) is 5.35. The summed E-state index contributed by atoms with van der Waals surface area (Å²) in [6.07, 6.45) is -5.97. The molecule has 0 spiro atoms. The number of ether oxygens (including phenoxy) is 1. The van der Waals surface area contributed by atoms with Crippen molar-refractivity contribution in [1.82, 2.24) is 4.98 Å². The van der Waals surface area contributed by atoms with Crippen LogP contribution in [0, 0.1) is 6.92 Å². The van der Waals surface area contributed by atoms with Gasteiger partial charge in [-0.25, -0.2) is 9.78 Å². The zero-order chi connectivity index (χ0) is 23.3. The van der Waals surface area contributed by atoms with Gasteiger partial charge in [0.1, 0.15) is 22.2 Å². The summed E-state index contributed by atoms with van der Waals surface area (Å²) in [5.74, 6) is -1.04. The van der Waals surface area contributed by atoms with Crippen LogP contribution in [0.1, 0.15) is 50.7 Å². The quantitative estimate of drug-likeness (QED) is 0.669. The lowest BCUT2D eigenvalue weighted by Gasteiger charge is -2.27. The minimum absolute atomic E-state index is 0.267. The van der Waals surface area contributed by atoms with Crippen LogP contribution in [-0.4, -0.2) is 35.3 Å². The first-order valence-corrected chi connectivity index (χ1v) is 10.0. The fourth-order valence-electron chi connectivity index (χ4n) is 2.27. The van der Waals surface area contributed by atoms with Gasteiger partial charge in [-0.3, -0.25) is 9.69 Å². The Hall–Kier alpha value is -2.62. The van der Waals surface area contributed by atoms with Gasteiger partial charge >= 0.3 is 12.3 Å². The van der Waals surface area contributed by atoms with Crippen molar-refractivity contribution in [2.75, 3.05) is 11.4 Å². The van der Waals surface area contributed by atoms with Crippen molar-refractivity contribution >= 4 is 28.3 Å². The number of amides is 2. The summed E-state index contributed by atoms with van der Waals surface area (Å²) >= 11 is 0.766. The number of benzene rings is 1. The number of halogens is 3. The number of primary amides is 1. The molecular formula is C20H26F3N3O3S. The molecule has 0 unspecified atom stereocenters. The molecule has 0 saturated heterocycles. The van der Waals surface area contributed by atoms with E-state index >= 15 is 0 Å². The zero-order valence-corrected chi connectivity index (χ0v) is 18.6. The molecule has 2 aromatic rings. The number of carbonyl (C=O) groups excluding carboxylic acids is 2. The molecule has 0 aliphatic heterocycles. The van der Waals surface area contributed by atoms with Crippen molar-refractivity contribution in [3.63, 3.8) is 0 Å². The topological polar surface area (TPSA) is 85.5 Å². The van der Waals surface area contributed by atoms with Gasteiger partial charge in [0.2, 0.25) is 0 Å². The Bertz CT molecular complexity index is 889. The Morgan fingerprint density at radius 2 is 1.80 bits per heavy atom. The van der Waals surface area contributed by atoms with Crippen LogP contribution in [0.25, 0.3) is 10.6 Å². The fourth-order valence-corrected chi connectivity index (χ4v) is 3.33. The van der Waals surface area contributed by atoms with Crippen LogP contribution in [0.5, 0.6) is 0 Å². The molecule has 0 radical (unpaired) electrons. The first kappa shape index (κ1) is 25.4. The molecule has 30 heavy (non-hydrogen) atoms. The summed E-state index contributed by atoms with van der Waals surface area (Å²) < 4.78 is 44.4. The Morgan fingerprint density at radius 1 is 1.20 bits per heavy atom. The van der Waals surface area contributed by atoms with E-state index in [1.165, 1.54) is 20.8 Å². The number of alkyl halides is 3. The van der Waals surface area contributed by atoms with Gasteiger partial charge in [0.05, 0.1) is 0 Å². The van der Waals surface area contributed by atoms with Crippen molar-refractivity contribution in [3.05, 3.63) is 35.5 Å². The van der Waals surface area contributed by atoms with Crippen molar-refractivity contribution in [2.45, 2.75) is 53.3 Å². The number of nitrogens with zero attached hydrogens (tertiary/aromatic N) is 2. The van der Waals surface area contributed by atoms with Crippen molar-refractivity contribution in [1.29, 1.82) is 0 Å². The number of thiazole rings is 1. The molecule has 1 aromatic heterocycles. The highest BCUT2D eigenvalue weighted by Gasteiger charge is 2.38. The maximum absolute atomic E-state index is 13.1. The van der Waals surface area contributed by atoms with Gasteiger partial charge in [-0.1, -0.05) is 48.9 Å². The molecule has 0 aliphatic rings. The van der Waals surface area contributed by atoms with E-state index < -0.39 is 36.0 Å². The van der Waals surface area contributed by atoms with Crippen LogP contribution in [-0.2, 0) is 4.74 Å². The molecule has 6 nitrogen and oxygen atoms in total. The molecular weight excluding hydrogens is 419 g/mol. The Balaban J connectivity index is 0.00000218. The van der Waals surface area contributed by atoms with Gasteiger partial charge in [0.25, 0.3) is 5.91 Å². The third-order valence-corrected chi connectivity index (χ3v) is 4.43. The molecule has 0 atom stereocenters. The SMILES string of the molecule is CC.Cc1cccc(-c2nc(C(N)=O)c(N(CC(F)(F)F)C(=O)OC(C)(C)C)s2)c1. The molecule has 166 valence electrons. The summed E-state index contributed by atoms with van der Waals surface area (Å²) in [7, 11) is 0. The molecule has 0 fully saturated rings. The maximum Gasteiger partial charge on any atom is 0.415 e. The van der Waals surface area contributed by atoms with Crippen molar-refractivity contribution in [2.24, 2.45) is 5.73 Å². The van der Waals surface area contributed by atoms with Gasteiger partial charge in [-0.05, 0) is 33.8 Å². The summed E-state index contributed by atoms with van der Waals surface area (Å²) in [6.45, 7) is 8.77. The van der Waals surface area contributed by atoms with Crippen LogP contribution in [0.4, 0.5) is 23.0 Å². The van der Waals surface area contributed by atoms with E-state index in [4.69, 9.17) is 10.5 Å². The monoisotopic (exact) mass is 445 g/mol. The lowest BCUT2D eigenvalue weighted by Crippen LogP contribution is -2.42. The van der Waals surface area contributed by atoms with Crippen molar-refractivity contribution in [3.8, 4) is 10.6 Å². The lowest BCUT2D eigenvalue weighted by molar-refractivity contribution is -0.119. The summed E-state index contributed by atoms with van der Waals surface area (Å²) in [4.78, 5) is 28.7. The van der Waals surface area contributed by atoms with Gasteiger partial charge < -0.3 is 10.5 Å². The summed E-state index contributed by atoms with van der Waals surface area (Å²) in [5, 5.41) is -0.0428. The van der Waals surface area contributed by atoms with E-state index in [1.54, 1.807) is 18.2 Å². The van der Waals surface area contributed by atoms with Crippen LogP contribution >= 0.6 is 11.3 Å². The largest absolute Gasteiger partial charge is 0.443 e. The second-order valence-corrected chi connectivity index (χ2v) is 8.07. The average Bonchev–Trinajstić information content (AvgIpc) is 3.04. The fraction of sp³-hybridized carbons (Fsp3) is 0.450. The smallest absolute Gasteiger partial charge is 0.415 e. The van der Waals surface area contributed by atoms with E-state index in [0.717, 1.165) is 16.9 Å².